The van der Waals surface area contributed by atoms with Gasteiger partial charge in [-0.25, -0.2) is 0 Å². The molecule has 0 spiro atoms. The molecule has 0 aliphatic carbocycles. The van der Waals surface area contributed by atoms with Crippen molar-refractivity contribution in [2.24, 2.45) is 5.92 Å². The highest BCUT2D eigenvalue weighted by Gasteiger charge is 2.14. The van der Waals surface area contributed by atoms with Crippen LogP contribution in [-0.4, -0.2) is 36.6 Å². The molecule has 0 aliphatic heterocycles. The van der Waals surface area contributed by atoms with Gasteiger partial charge in [0.2, 0.25) is 0 Å². The summed E-state index contributed by atoms with van der Waals surface area (Å²) in [6.45, 7) is 7.42. The van der Waals surface area contributed by atoms with Gasteiger partial charge in [0.1, 0.15) is 0 Å². The molecule has 0 amide bonds. The summed E-state index contributed by atoms with van der Waals surface area (Å²) < 4.78 is 5.63. The number of methoxy groups -OCH3 is 1. The van der Waals surface area contributed by atoms with Crippen molar-refractivity contribution in [3.05, 3.63) is 38.3 Å². The van der Waals surface area contributed by atoms with Gasteiger partial charge in [0.25, 0.3) is 5.69 Å². The Labute approximate surface area is 128 Å². The highest BCUT2D eigenvalue weighted by molar-refractivity contribution is 9.10. The molecule has 1 aromatic rings. The van der Waals surface area contributed by atoms with E-state index in [1.54, 1.807) is 19.2 Å². The predicted molar refractivity (Wildman–Crippen MR) is 82.8 cm³/mol. The highest BCUT2D eigenvalue weighted by atomic mass is 79.9. The molecule has 0 atom stereocenters. The van der Waals surface area contributed by atoms with Crippen molar-refractivity contribution in [1.29, 1.82) is 0 Å². The average molecular weight is 345 g/mol. The minimum Gasteiger partial charge on any atom is -0.383 e. The average Bonchev–Trinajstić information content (AvgIpc) is 2.37. The van der Waals surface area contributed by atoms with Gasteiger partial charge in [-0.3, -0.25) is 15.0 Å². The Bertz CT molecular complexity index is 452. The summed E-state index contributed by atoms with van der Waals surface area (Å²) in [7, 11) is 1.68. The zero-order valence-electron chi connectivity index (χ0n) is 12.1. The fourth-order valence-electron chi connectivity index (χ4n) is 2.03. The second-order valence-electron chi connectivity index (χ2n) is 5.16. The standard InChI is InChI=1S/C14H21BrN2O3/c1-11(2)9-16(6-7-20-3)10-12-4-5-13(15)14(8-12)17(18)19/h4-5,8,11H,6-7,9-10H2,1-3H3. The normalized spacial score (nSPS) is 11.3. The number of halogens is 1. The van der Waals surface area contributed by atoms with E-state index in [9.17, 15) is 10.1 Å². The van der Waals surface area contributed by atoms with Crippen molar-refractivity contribution >= 4 is 21.6 Å². The van der Waals surface area contributed by atoms with Crippen molar-refractivity contribution in [1.82, 2.24) is 4.90 Å². The van der Waals surface area contributed by atoms with Crippen LogP contribution >= 0.6 is 15.9 Å². The van der Waals surface area contributed by atoms with E-state index in [0.29, 0.717) is 23.5 Å². The van der Waals surface area contributed by atoms with Gasteiger partial charge in [0, 0.05) is 32.8 Å². The quantitative estimate of drug-likeness (QED) is 0.535. The molecule has 112 valence electrons. The van der Waals surface area contributed by atoms with E-state index in [1.165, 1.54) is 0 Å². The lowest BCUT2D eigenvalue weighted by molar-refractivity contribution is -0.385. The van der Waals surface area contributed by atoms with E-state index in [-0.39, 0.29) is 10.6 Å². The number of benzene rings is 1. The van der Waals surface area contributed by atoms with Crippen molar-refractivity contribution < 1.29 is 9.66 Å². The Kier molecular flexibility index (Phi) is 7.12. The maximum Gasteiger partial charge on any atom is 0.283 e. The maximum absolute atomic E-state index is 11.0. The Hall–Kier alpha value is -0.980. The Morgan fingerprint density at radius 3 is 2.70 bits per heavy atom. The molecule has 0 aromatic heterocycles. The Morgan fingerprint density at radius 2 is 2.15 bits per heavy atom. The van der Waals surface area contributed by atoms with Crippen molar-refractivity contribution in [3.8, 4) is 0 Å². The van der Waals surface area contributed by atoms with Crippen molar-refractivity contribution in [3.63, 3.8) is 0 Å². The molecule has 0 N–H and O–H groups in total. The molecule has 0 bridgehead atoms. The van der Waals surface area contributed by atoms with Gasteiger partial charge in [-0.05, 0) is 33.5 Å². The van der Waals surface area contributed by atoms with Gasteiger partial charge >= 0.3 is 0 Å². The third-order valence-corrected chi connectivity index (χ3v) is 3.52. The molecular weight excluding hydrogens is 324 g/mol. The molecule has 0 aliphatic rings. The number of rotatable bonds is 8. The van der Waals surface area contributed by atoms with Crippen LogP contribution in [0.25, 0.3) is 0 Å². The monoisotopic (exact) mass is 344 g/mol. The number of nitrogens with zero attached hydrogens (tertiary/aromatic N) is 2. The zero-order chi connectivity index (χ0) is 15.1. The Morgan fingerprint density at radius 1 is 1.45 bits per heavy atom. The number of hydrogen-bond donors (Lipinski definition) is 0. The zero-order valence-corrected chi connectivity index (χ0v) is 13.7. The minimum atomic E-state index is -0.366. The summed E-state index contributed by atoms with van der Waals surface area (Å²) >= 11 is 3.20. The van der Waals surface area contributed by atoms with Gasteiger partial charge in [0.05, 0.1) is 16.0 Å². The highest BCUT2D eigenvalue weighted by Crippen LogP contribution is 2.26. The first-order valence-electron chi connectivity index (χ1n) is 6.58. The van der Waals surface area contributed by atoms with Gasteiger partial charge in [-0.15, -0.1) is 0 Å². The molecule has 0 fully saturated rings. The van der Waals surface area contributed by atoms with Crippen LogP contribution in [0.1, 0.15) is 19.4 Å². The number of hydrogen-bond acceptors (Lipinski definition) is 4. The van der Waals surface area contributed by atoms with Gasteiger partial charge in [0.15, 0.2) is 0 Å². The molecule has 0 saturated heterocycles. The van der Waals surface area contributed by atoms with Crippen LogP contribution in [0.5, 0.6) is 0 Å². The van der Waals surface area contributed by atoms with Crippen LogP contribution in [0, 0.1) is 16.0 Å². The summed E-state index contributed by atoms with van der Waals surface area (Å²) in [5.41, 5.74) is 1.05. The molecule has 0 radical (unpaired) electrons. The summed E-state index contributed by atoms with van der Waals surface area (Å²) in [5, 5.41) is 11.0. The van der Waals surface area contributed by atoms with Crippen LogP contribution < -0.4 is 0 Å². The fourth-order valence-corrected chi connectivity index (χ4v) is 2.42. The van der Waals surface area contributed by atoms with E-state index in [2.05, 4.69) is 34.7 Å². The lowest BCUT2D eigenvalue weighted by Crippen LogP contribution is -2.30. The first-order valence-corrected chi connectivity index (χ1v) is 7.37. The van der Waals surface area contributed by atoms with Gasteiger partial charge in [-0.2, -0.15) is 0 Å². The predicted octanol–water partition coefficient (Wildman–Crippen LogP) is 3.46. The smallest absolute Gasteiger partial charge is 0.283 e. The molecule has 0 heterocycles. The lowest BCUT2D eigenvalue weighted by atomic mass is 10.1. The van der Waals surface area contributed by atoms with Crippen LogP contribution in [0.15, 0.2) is 22.7 Å². The molecular formula is C14H21BrN2O3. The molecule has 20 heavy (non-hydrogen) atoms. The number of ether oxygens (including phenoxy) is 1. The number of nitro benzene ring substituents is 1. The van der Waals surface area contributed by atoms with E-state index < -0.39 is 0 Å². The van der Waals surface area contributed by atoms with E-state index in [0.717, 1.165) is 18.7 Å². The molecule has 0 saturated carbocycles. The summed E-state index contributed by atoms with van der Waals surface area (Å²) in [6.07, 6.45) is 0. The van der Waals surface area contributed by atoms with Gasteiger partial charge < -0.3 is 4.74 Å². The topological polar surface area (TPSA) is 55.6 Å². The third-order valence-electron chi connectivity index (χ3n) is 2.85. The van der Waals surface area contributed by atoms with E-state index in [1.807, 2.05) is 6.07 Å². The molecule has 5 nitrogen and oxygen atoms in total. The number of nitro groups is 1. The van der Waals surface area contributed by atoms with E-state index >= 15 is 0 Å². The second-order valence-corrected chi connectivity index (χ2v) is 6.02. The lowest BCUT2D eigenvalue weighted by Gasteiger charge is -2.24. The van der Waals surface area contributed by atoms with Crippen LogP contribution in [0.2, 0.25) is 0 Å². The maximum atomic E-state index is 11.0. The van der Waals surface area contributed by atoms with Crippen molar-refractivity contribution in [2.45, 2.75) is 20.4 Å². The largest absolute Gasteiger partial charge is 0.383 e. The fraction of sp³-hybridized carbons (Fsp3) is 0.571. The third kappa shape index (κ3) is 5.56. The molecule has 6 heteroatoms. The summed E-state index contributed by atoms with van der Waals surface area (Å²) in [4.78, 5) is 12.8. The first kappa shape index (κ1) is 17.1. The van der Waals surface area contributed by atoms with E-state index in [4.69, 9.17) is 4.74 Å². The van der Waals surface area contributed by atoms with Crippen LogP contribution in [-0.2, 0) is 11.3 Å². The SMILES string of the molecule is COCCN(Cc1ccc(Br)c([N+](=O)[O-])c1)CC(C)C. The van der Waals surface area contributed by atoms with Crippen LogP contribution in [0.4, 0.5) is 5.69 Å². The summed E-state index contributed by atoms with van der Waals surface area (Å²) in [5.74, 6) is 0.539. The minimum absolute atomic E-state index is 0.110. The Balaban J connectivity index is 2.81. The second kappa shape index (κ2) is 8.34. The molecule has 0 unspecified atom stereocenters. The van der Waals surface area contributed by atoms with Gasteiger partial charge in [-0.1, -0.05) is 19.9 Å². The summed E-state index contributed by atoms with van der Waals surface area (Å²) in [6, 6.07) is 5.28. The first-order chi connectivity index (χ1) is 9.43. The molecule has 1 aromatic carbocycles. The van der Waals surface area contributed by atoms with Crippen molar-refractivity contribution in [2.75, 3.05) is 26.8 Å². The molecule has 1 rings (SSSR count). The van der Waals surface area contributed by atoms with Crippen LogP contribution in [0.3, 0.4) is 0 Å².